The molecule has 0 spiro atoms. The summed E-state index contributed by atoms with van der Waals surface area (Å²) in [6.07, 6.45) is 24.0. The molecule has 0 unspecified atom stereocenters. The first-order valence-electron chi connectivity index (χ1n) is 17.6. The standard InChI is InChI=1S/C13H9N.C9H8.C8H7N.2C8H6.C5H6.2W/c1-2-6-11-10(5-1)9-14-13-8-4-3-7-12(11)13;1-2-5-9-7-3-6-8(9)4-1;1-2-4-8-6-9-5-7(8)3-1;2*1-2-8-6-4-3-5-7-8;1-2-4-5-3-1;;/h1-9H;1-6H,7H2;1-6,9H;2*1-6H;1-4H,5H2;;/q;;;2*-2;;2*+2. The van der Waals surface area contributed by atoms with Crippen molar-refractivity contribution in [3.05, 3.63) is 242 Å². The summed E-state index contributed by atoms with van der Waals surface area (Å²) in [6.45, 7) is 10.4. The number of allylic oxidation sites excluding steroid dienone is 5. The van der Waals surface area contributed by atoms with Gasteiger partial charge < -0.3 is 41.4 Å². The molecule has 0 saturated carbocycles. The Hall–Kier alpha value is -5.39. The molecule has 55 heavy (non-hydrogen) atoms. The van der Waals surface area contributed by atoms with E-state index < -0.39 is 0 Å². The molecule has 2 heterocycles. The molecule has 10 rings (SSSR count). The smallest absolute Gasteiger partial charge is 0.366 e. The number of benzene rings is 6. The minimum Gasteiger partial charge on any atom is -0.366 e. The summed E-state index contributed by atoms with van der Waals surface area (Å²) in [5.41, 5.74) is 5.78. The van der Waals surface area contributed by atoms with Crippen LogP contribution in [0.3, 0.4) is 0 Å². The summed E-state index contributed by atoms with van der Waals surface area (Å²) in [7, 11) is 0. The Morgan fingerprint density at radius 1 is 0.545 bits per heavy atom. The zero-order valence-corrected chi connectivity index (χ0v) is 36.4. The SMILES string of the molecule is C1=CCC=C1.C1=Cc2ccccc2C1.[CH-]=Cc1[c-]cccc1.[CH-]=Cc1[c-]cccc1.[W+2].[W+2].c1ccc2c(c1)cnc1ccccc12.c1ccc2c[nH]cc2c1. The monoisotopic (exact) mass is 1050 g/mol. The van der Waals surface area contributed by atoms with Crippen LogP contribution in [-0.4, -0.2) is 9.97 Å². The van der Waals surface area contributed by atoms with Crippen LogP contribution in [0.5, 0.6) is 0 Å². The Labute approximate surface area is 355 Å². The summed E-state index contributed by atoms with van der Waals surface area (Å²) < 4.78 is 0. The summed E-state index contributed by atoms with van der Waals surface area (Å²) in [5.74, 6) is 0. The van der Waals surface area contributed by atoms with Crippen LogP contribution in [0.25, 0.3) is 50.7 Å². The molecule has 2 nitrogen and oxygen atoms in total. The van der Waals surface area contributed by atoms with Gasteiger partial charge in [-0.15, -0.1) is 12.1 Å². The van der Waals surface area contributed by atoms with E-state index in [-0.39, 0.29) is 42.1 Å². The zero-order valence-electron chi connectivity index (χ0n) is 30.5. The van der Waals surface area contributed by atoms with Crippen LogP contribution in [0, 0.1) is 25.3 Å². The van der Waals surface area contributed by atoms with Gasteiger partial charge >= 0.3 is 42.1 Å². The fourth-order valence-electron chi connectivity index (χ4n) is 5.41. The van der Waals surface area contributed by atoms with Crippen LogP contribution in [0.4, 0.5) is 0 Å². The Bertz CT molecular complexity index is 2250. The van der Waals surface area contributed by atoms with Crippen LogP contribution in [0.2, 0.25) is 0 Å². The number of nitrogens with one attached hydrogen (secondary N) is 1. The van der Waals surface area contributed by atoms with Gasteiger partial charge in [-0.2, -0.15) is 24.3 Å². The van der Waals surface area contributed by atoms with E-state index in [1.807, 2.05) is 97.5 Å². The average molecular weight is 1050 g/mol. The zero-order chi connectivity index (χ0) is 36.8. The molecule has 0 fully saturated rings. The molecule has 2 aliphatic rings. The van der Waals surface area contributed by atoms with Crippen LogP contribution in [0.1, 0.15) is 28.7 Å². The number of nitrogens with zero attached hydrogens (tertiary/aromatic N) is 1. The summed E-state index contributed by atoms with van der Waals surface area (Å²) >= 11 is 0. The van der Waals surface area contributed by atoms with Gasteiger partial charge in [0.1, 0.15) is 0 Å². The number of hydrogen-bond donors (Lipinski definition) is 1. The second-order valence-electron chi connectivity index (χ2n) is 11.8. The van der Waals surface area contributed by atoms with Crippen molar-refractivity contribution in [1.82, 2.24) is 9.97 Å². The molecular weight excluding hydrogens is 1010 g/mol. The first-order valence-corrected chi connectivity index (χ1v) is 17.6. The number of pyridine rings is 1. The van der Waals surface area contributed by atoms with Gasteiger partial charge in [-0.1, -0.05) is 127 Å². The van der Waals surface area contributed by atoms with E-state index in [2.05, 4.69) is 125 Å². The molecule has 2 aromatic heterocycles. The first kappa shape index (κ1) is 44.0. The molecule has 0 saturated heterocycles. The van der Waals surface area contributed by atoms with Crippen LogP contribution < -0.4 is 0 Å². The molecule has 6 aromatic carbocycles. The Morgan fingerprint density at radius 2 is 1.07 bits per heavy atom. The van der Waals surface area contributed by atoms with Crippen molar-refractivity contribution in [2.24, 2.45) is 0 Å². The number of aromatic nitrogens is 2. The maximum atomic E-state index is 5.19. The minimum absolute atomic E-state index is 0. The van der Waals surface area contributed by atoms with Gasteiger partial charge in [0.25, 0.3) is 0 Å². The van der Waals surface area contributed by atoms with Gasteiger partial charge in [0.15, 0.2) is 0 Å². The molecule has 268 valence electrons. The van der Waals surface area contributed by atoms with Gasteiger partial charge in [0.2, 0.25) is 0 Å². The third-order valence-electron chi connectivity index (χ3n) is 8.14. The van der Waals surface area contributed by atoms with E-state index in [0.29, 0.717) is 0 Å². The molecular formula is C51H42N2W2. The molecule has 0 aliphatic heterocycles. The molecule has 0 atom stereocenters. The Morgan fingerprint density at radius 3 is 1.60 bits per heavy atom. The van der Waals surface area contributed by atoms with Crippen molar-refractivity contribution >= 4 is 50.7 Å². The number of para-hydroxylation sites is 1. The predicted molar refractivity (Wildman–Crippen MR) is 228 cm³/mol. The van der Waals surface area contributed by atoms with Crippen molar-refractivity contribution in [2.45, 2.75) is 12.8 Å². The molecule has 4 heteroatoms. The van der Waals surface area contributed by atoms with Crippen molar-refractivity contribution in [1.29, 1.82) is 0 Å². The van der Waals surface area contributed by atoms with Crippen molar-refractivity contribution in [3.8, 4) is 0 Å². The summed E-state index contributed by atoms with van der Waals surface area (Å²) in [6, 6.07) is 54.3. The quantitative estimate of drug-likeness (QED) is 0.136. The fraction of sp³-hybridized carbons (Fsp3) is 0.0392. The summed E-state index contributed by atoms with van der Waals surface area (Å²) in [5, 5.41) is 6.25. The van der Waals surface area contributed by atoms with E-state index in [1.165, 1.54) is 50.2 Å². The maximum absolute atomic E-state index is 5.19. The molecule has 8 aromatic rings. The largest absolute Gasteiger partial charge is 2.00 e. The van der Waals surface area contributed by atoms with E-state index in [9.17, 15) is 0 Å². The van der Waals surface area contributed by atoms with Gasteiger partial charge in [-0.05, 0) is 46.2 Å². The summed E-state index contributed by atoms with van der Waals surface area (Å²) in [4.78, 5) is 7.45. The van der Waals surface area contributed by atoms with Crippen molar-refractivity contribution < 1.29 is 42.1 Å². The van der Waals surface area contributed by atoms with Gasteiger partial charge in [0.05, 0.1) is 5.52 Å². The molecule has 0 bridgehead atoms. The number of aromatic amines is 1. The van der Waals surface area contributed by atoms with E-state index in [1.54, 1.807) is 0 Å². The first-order chi connectivity index (χ1) is 26.2. The normalized spacial score (nSPS) is 10.8. The van der Waals surface area contributed by atoms with E-state index >= 15 is 0 Å². The molecule has 0 amide bonds. The molecule has 2 aliphatic carbocycles. The number of fused-ring (bicyclic) bond motifs is 5. The predicted octanol–water partition coefficient (Wildman–Crippen LogP) is 13.2. The Kier molecular flexibility index (Phi) is 20.5. The molecule has 0 radical (unpaired) electrons. The maximum Gasteiger partial charge on any atom is 2.00 e. The van der Waals surface area contributed by atoms with E-state index in [0.717, 1.165) is 29.5 Å². The average Bonchev–Trinajstić information content (AvgIpc) is 4.07. The fourth-order valence-corrected chi connectivity index (χ4v) is 5.41. The second-order valence-corrected chi connectivity index (χ2v) is 11.8. The minimum atomic E-state index is 0. The van der Waals surface area contributed by atoms with Gasteiger partial charge in [-0.3, -0.25) is 4.98 Å². The van der Waals surface area contributed by atoms with Gasteiger partial charge in [0, 0.05) is 29.4 Å². The Balaban J connectivity index is 0.000000180. The van der Waals surface area contributed by atoms with Crippen LogP contribution in [-0.2, 0) is 48.6 Å². The number of rotatable bonds is 2. The van der Waals surface area contributed by atoms with Crippen molar-refractivity contribution in [3.63, 3.8) is 0 Å². The van der Waals surface area contributed by atoms with Crippen LogP contribution in [0.15, 0.2) is 195 Å². The van der Waals surface area contributed by atoms with Crippen LogP contribution >= 0.6 is 0 Å². The third kappa shape index (κ3) is 14.7. The second kappa shape index (κ2) is 25.6. The topological polar surface area (TPSA) is 28.7 Å². The number of H-pyrrole nitrogens is 1. The van der Waals surface area contributed by atoms with Crippen molar-refractivity contribution in [2.75, 3.05) is 0 Å². The van der Waals surface area contributed by atoms with E-state index in [4.69, 9.17) is 13.2 Å². The van der Waals surface area contributed by atoms with Gasteiger partial charge in [-0.25, -0.2) is 24.3 Å². The third-order valence-corrected chi connectivity index (χ3v) is 8.14. The number of hydrogen-bond acceptors (Lipinski definition) is 1. The molecule has 1 N–H and O–H groups in total.